The highest BCUT2D eigenvalue weighted by molar-refractivity contribution is 5.51. The maximum absolute atomic E-state index is 12.6. The van der Waals surface area contributed by atoms with Crippen molar-refractivity contribution in [2.45, 2.75) is 19.5 Å². The lowest BCUT2D eigenvalue weighted by molar-refractivity contribution is 0.241. The van der Waals surface area contributed by atoms with Gasteiger partial charge in [0.2, 0.25) is 0 Å². The Kier molecular flexibility index (Phi) is 4.14. The van der Waals surface area contributed by atoms with Gasteiger partial charge in [0.15, 0.2) is 17.3 Å². The zero-order valence-electron chi connectivity index (χ0n) is 15.1. The van der Waals surface area contributed by atoms with Gasteiger partial charge >= 0.3 is 0 Å². The van der Waals surface area contributed by atoms with E-state index in [2.05, 4.69) is 19.9 Å². The first-order valence-corrected chi connectivity index (χ1v) is 9.13. The molecule has 5 rings (SSSR count). The lowest BCUT2D eigenvalue weighted by Crippen LogP contribution is -2.35. The third kappa shape index (κ3) is 3.16. The quantitative estimate of drug-likeness (QED) is 0.590. The Labute approximate surface area is 160 Å². The fourth-order valence-electron chi connectivity index (χ4n) is 3.49. The molecule has 0 spiro atoms. The molecule has 0 radical (unpaired) electrons. The maximum atomic E-state index is 12.6. The van der Waals surface area contributed by atoms with Gasteiger partial charge in [-0.05, 0) is 35.9 Å². The molecule has 1 aliphatic heterocycles. The van der Waals surface area contributed by atoms with Crippen molar-refractivity contribution in [1.82, 2.24) is 19.9 Å². The Morgan fingerprint density at radius 1 is 1.07 bits per heavy atom. The number of H-pyrrole nitrogens is 1. The number of aromatic amines is 1. The molecule has 5 heterocycles. The van der Waals surface area contributed by atoms with E-state index in [1.165, 1.54) is 0 Å². The Morgan fingerprint density at radius 2 is 1.89 bits per heavy atom. The summed E-state index contributed by atoms with van der Waals surface area (Å²) in [4.78, 5) is 26.7. The Hall–Kier alpha value is -3.45. The van der Waals surface area contributed by atoms with Crippen LogP contribution >= 0.6 is 0 Å². The van der Waals surface area contributed by atoms with E-state index in [4.69, 9.17) is 8.83 Å². The molecule has 7 heteroatoms. The van der Waals surface area contributed by atoms with Crippen molar-refractivity contribution in [3.63, 3.8) is 0 Å². The third-order valence-electron chi connectivity index (χ3n) is 4.91. The minimum absolute atomic E-state index is 0.104. The smallest absolute Gasteiger partial charge is 0.256 e. The minimum atomic E-state index is -0.104. The molecule has 0 amide bonds. The average Bonchev–Trinajstić information content (AvgIpc) is 3.43. The summed E-state index contributed by atoms with van der Waals surface area (Å²) in [7, 11) is 0. The molecule has 4 aromatic heterocycles. The van der Waals surface area contributed by atoms with Crippen molar-refractivity contribution in [2.75, 3.05) is 6.54 Å². The van der Waals surface area contributed by atoms with E-state index in [1.54, 1.807) is 24.7 Å². The summed E-state index contributed by atoms with van der Waals surface area (Å²) in [6.45, 7) is 2.13. The number of hydrogen-bond donors (Lipinski definition) is 1. The molecular weight excluding hydrogens is 356 g/mol. The van der Waals surface area contributed by atoms with Crippen molar-refractivity contribution in [1.29, 1.82) is 0 Å². The van der Waals surface area contributed by atoms with Crippen molar-refractivity contribution < 1.29 is 8.83 Å². The van der Waals surface area contributed by atoms with Gasteiger partial charge in [0, 0.05) is 32.3 Å². The summed E-state index contributed by atoms with van der Waals surface area (Å²) < 4.78 is 10.7. The number of fused-ring (bicyclic) bond motifs is 1. The second kappa shape index (κ2) is 6.94. The molecule has 0 aliphatic carbocycles. The number of rotatable bonds is 4. The van der Waals surface area contributed by atoms with Crippen molar-refractivity contribution >= 4 is 0 Å². The van der Waals surface area contributed by atoms with E-state index in [0.29, 0.717) is 18.1 Å². The molecule has 140 valence electrons. The summed E-state index contributed by atoms with van der Waals surface area (Å²) >= 11 is 0. The second-order valence-corrected chi connectivity index (χ2v) is 6.81. The van der Waals surface area contributed by atoms with Gasteiger partial charge in [-0.15, -0.1) is 0 Å². The van der Waals surface area contributed by atoms with Crippen molar-refractivity contribution in [3.8, 4) is 23.0 Å². The topological polar surface area (TPSA) is 88.2 Å². The van der Waals surface area contributed by atoms with Gasteiger partial charge in [-0.2, -0.15) is 0 Å². The first kappa shape index (κ1) is 16.7. The van der Waals surface area contributed by atoms with Crippen LogP contribution < -0.4 is 5.56 Å². The summed E-state index contributed by atoms with van der Waals surface area (Å²) in [6.07, 6.45) is 5.79. The predicted molar refractivity (Wildman–Crippen MR) is 102 cm³/mol. The predicted octanol–water partition coefficient (Wildman–Crippen LogP) is 3.24. The highest BCUT2D eigenvalue weighted by Gasteiger charge is 2.22. The van der Waals surface area contributed by atoms with Gasteiger partial charge in [-0.1, -0.05) is 6.07 Å². The van der Waals surface area contributed by atoms with Gasteiger partial charge < -0.3 is 13.8 Å². The number of pyridine rings is 1. The van der Waals surface area contributed by atoms with Crippen LogP contribution in [0.15, 0.2) is 68.8 Å². The normalized spacial score (nSPS) is 14.1. The van der Waals surface area contributed by atoms with Crippen molar-refractivity contribution in [2.24, 2.45) is 0 Å². The van der Waals surface area contributed by atoms with Crippen LogP contribution in [0.2, 0.25) is 0 Å². The monoisotopic (exact) mass is 374 g/mol. The third-order valence-corrected chi connectivity index (χ3v) is 4.91. The second-order valence-electron chi connectivity index (χ2n) is 6.81. The molecule has 0 atom stereocenters. The number of nitrogens with one attached hydrogen (secondary N) is 1. The van der Waals surface area contributed by atoms with E-state index in [-0.39, 0.29) is 5.56 Å². The molecule has 1 aliphatic rings. The molecule has 0 fully saturated rings. The van der Waals surface area contributed by atoms with Crippen LogP contribution in [0.4, 0.5) is 0 Å². The number of aromatic nitrogens is 3. The minimum Gasteiger partial charge on any atom is -0.463 e. The van der Waals surface area contributed by atoms with E-state index in [1.807, 2.05) is 30.5 Å². The zero-order valence-corrected chi connectivity index (χ0v) is 15.1. The lowest BCUT2D eigenvalue weighted by atomic mass is 10.1. The van der Waals surface area contributed by atoms with E-state index in [9.17, 15) is 4.79 Å². The first-order chi connectivity index (χ1) is 13.8. The highest BCUT2D eigenvalue weighted by Crippen LogP contribution is 2.21. The summed E-state index contributed by atoms with van der Waals surface area (Å²) in [6, 6.07) is 11.3. The van der Waals surface area contributed by atoms with E-state index < -0.39 is 0 Å². The Balaban J connectivity index is 1.33. The average molecular weight is 374 g/mol. The van der Waals surface area contributed by atoms with Gasteiger partial charge in [0.1, 0.15) is 5.69 Å². The number of hydrogen-bond acceptors (Lipinski definition) is 6. The molecule has 0 unspecified atom stereocenters. The van der Waals surface area contributed by atoms with Gasteiger partial charge in [0.25, 0.3) is 5.56 Å². The fourth-order valence-corrected chi connectivity index (χ4v) is 3.49. The molecule has 0 saturated heterocycles. The molecule has 0 bridgehead atoms. The van der Waals surface area contributed by atoms with Crippen LogP contribution in [0.25, 0.3) is 23.0 Å². The molecule has 0 aromatic carbocycles. The molecule has 4 aromatic rings. The molecule has 0 saturated carbocycles. The van der Waals surface area contributed by atoms with Crippen LogP contribution in [0.5, 0.6) is 0 Å². The summed E-state index contributed by atoms with van der Waals surface area (Å²) in [5.41, 5.74) is 3.37. The van der Waals surface area contributed by atoms with Gasteiger partial charge in [0.05, 0.1) is 23.8 Å². The van der Waals surface area contributed by atoms with Crippen LogP contribution in [0.1, 0.15) is 16.8 Å². The van der Waals surface area contributed by atoms with E-state index in [0.717, 1.165) is 47.8 Å². The SMILES string of the molecule is O=c1[nH]c(-c2ccco2)nc2c1CN(Cc1ccc(-c3ccco3)nc1)CC2. The molecule has 7 nitrogen and oxygen atoms in total. The molecule has 1 N–H and O–H groups in total. The largest absolute Gasteiger partial charge is 0.463 e. The van der Waals surface area contributed by atoms with Crippen LogP contribution in [0, 0.1) is 0 Å². The molecule has 28 heavy (non-hydrogen) atoms. The summed E-state index contributed by atoms with van der Waals surface area (Å²) in [5.74, 6) is 1.81. The lowest BCUT2D eigenvalue weighted by Gasteiger charge is -2.27. The standard InChI is InChI=1S/C21H18N4O3/c26-21-15-13-25(8-7-16(15)23-20(24-21)19-4-2-10-28-19)12-14-5-6-17(22-11-14)18-3-1-9-27-18/h1-6,9-11H,7-8,12-13H2,(H,23,24,26). The first-order valence-electron chi connectivity index (χ1n) is 9.13. The highest BCUT2D eigenvalue weighted by atomic mass is 16.3. The van der Waals surface area contributed by atoms with Crippen molar-refractivity contribution in [3.05, 3.63) is 82.3 Å². The Bertz CT molecular complexity index is 1130. The zero-order chi connectivity index (χ0) is 18.9. The number of nitrogens with zero attached hydrogens (tertiary/aromatic N) is 3. The Morgan fingerprint density at radius 3 is 2.61 bits per heavy atom. The van der Waals surface area contributed by atoms with E-state index >= 15 is 0 Å². The maximum Gasteiger partial charge on any atom is 0.256 e. The van der Waals surface area contributed by atoms with Crippen LogP contribution in [0.3, 0.4) is 0 Å². The van der Waals surface area contributed by atoms with Gasteiger partial charge in [-0.25, -0.2) is 4.98 Å². The molecular formula is C21H18N4O3. The number of furan rings is 2. The van der Waals surface area contributed by atoms with Crippen LogP contribution in [-0.2, 0) is 19.5 Å². The summed E-state index contributed by atoms with van der Waals surface area (Å²) in [5, 5.41) is 0. The van der Waals surface area contributed by atoms with Crippen LogP contribution in [-0.4, -0.2) is 26.4 Å². The fraction of sp³-hybridized carbons (Fsp3) is 0.190. The van der Waals surface area contributed by atoms with Gasteiger partial charge in [-0.3, -0.25) is 14.7 Å².